The minimum atomic E-state index is -0.639. The first-order valence-electron chi connectivity index (χ1n) is 7.44. The standard InChI is InChI=1S/C16H30O2/c1-5-9-10-11-13-16(8-4,15(17)18)14(7-3)12-6-2/h7,14H,3,5-6,8-13H2,1-2,4H3,(H,17,18). The Hall–Kier alpha value is -0.790. The normalized spacial score (nSPS) is 15.9. The van der Waals surface area contributed by atoms with Crippen LogP contribution in [0.3, 0.4) is 0 Å². The SMILES string of the molecule is C=CC(CCC)C(CC)(CCCCCC)C(=O)O. The second-order valence-corrected chi connectivity index (χ2v) is 5.26. The van der Waals surface area contributed by atoms with E-state index in [4.69, 9.17) is 0 Å². The molecule has 0 spiro atoms. The van der Waals surface area contributed by atoms with Crippen LogP contribution in [0.1, 0.15) is 72.1 Å². The topological polar surface area (TPSA) is 37.3 Å². The summed E-state index contributed by atoms with van der Waals surface area (Å²) in [5.74, 6) is -0.536. The highest BCUT2D eigenvalue weighted by Crippen LogP contribution is 2.40. The minimum absolute atomic E-state index is 0.103. The first-order chi connectivity index (χ1) is 8.58. The number of carboxylic acid groups (broad SMARTS) is 1. The third kappa shape index (κ3) is 4.47. The Balaban J connectivity index is 4.78. The van der Waals surface area contributed by atoms with Gasteiger partial charge in [0.05, 0.1) is 5.41 Å². The summed E-state index contributed by atoms with van der Waals surface area (Å²) in [6, 6.07) is 0. The Bertz CT molecular complexity index is 247. The third-order valence-electron chi connectivity index (χ3n) is 4.13. The summed E-state index contributed by atoms with van der Waals surface area (Å²) in [4.78, 5) is 11.7. The summed E-state index contributed by atoms with van der Waals surface area (Å²) >= 11 is 0. The zero-order valence-corrected chi connectivity index (χ0v) is 12.4. The molecule has 0 saturated heterocycles. The molecule has 1 N–H and O–H groups in total. The van der Waals surface area contributed by atoms with Crippen LogP contribution in [-0.2, 0) is 4.79 Å². The van der Waals surface area contributed by atoms with Crippen molar-refractivity contribution in [3.63, 3.8) is 0 Å². The second kappa shape index (κ2) is 9.18. The Morgan fingerprint density at radius 1 is 1.22 bits per heavy atom. The van der Waals surface area contributed by atoms with Gasteiger partial charge in [-0.3, -0.25) is 4.79 Å². The average Bonchev–Trinajstić information content (AvgIpc) is 2.37. The molecule has 0 fully saturated rings. The molecule has 18 heavy (non-hydrogen) atoms. The van der Waals surface area contributed by atoms with Crippen LogP contribution in [0.2, 0.25) is 0 Å². The molecule has 0 aliphatic rings. The van der Waals surface area contributed by atoms with Gasteiger partial charge in [-0.15, -0.1) is 6.58 Å². The van der Waals surface area contributed by atoms with Gasteiger partial charge < -0.3 is 5.11 Å². The van der Waals surface area contributed by atoms with Crippen molar-refractivity contribution < 1.29 is 9.90 Å². The maximum atomic E-state index is 11.7. The van der Waals surface area contributed by atoms with E-state index in [0.29, 0.717) is 6.42 Å². The van der Waals surface area contributed by atoms with E-state index in [-0.39, 0.29) is 5.92 Å². The molecule has 0 rings (SSSR count). The number of carboxylic acids is 1. The van der Waals surface area contributed by atoms with Crippen LogP contribution in [0.15, 0.2) is 12.7 Å². The van der Waals surface area contributed by atoms with E-state index in [0.717, 1.165) is 32.1 Å². The fourth-order valence-corrected chi connectivity index (χ4v) is 2.84. The van der Waals surface area contributed by atoms with Gasteiger partial charge in [0, 0.05) is 0 Å². The molecule has 0 aliphatic carbocycles. The summed E-state index contributed by atoms with van der Waals surface area (Å²) in [5, 5.41) is 9.66. The Morgan fingerprint density at radius 2 is 1.89 bits per heavy atom. The number of rotatable bonds is 11. The number of allylic oxidation sites excluding steroid dienone is 1. The molecule has 0 amide bonds. The van der Waals surface area contributed by atoms with Crippen LogP contribution in [0.4, 0.5) is 0 Å². The summed E-state index contributed by atoms with van der Waals surface area (Å²) < 4.78 is 0. The third-order valence-corrected chi connectivity index (χ3v) is 4.13. The van der Waals surface area contributed by atoms with Crippen LogP contribution < -0.4 is 0 Å². The van der Waals surface area contributed by atoms with E-state index in [9.17, 15) is 9.90 Å². The molecule has 0 aromatic rings. The number of unbranched alkanes of at least 4 members (excludes halogenated alkanes) is 3. The van der Waals surface area contributed by atoms with E-state index in [2.05, 4.69) is 20.4 Å². The van der Waals surface area contributed by atoms with Crippen molar-refractivity contribution >= 4 is 5.97 Å². The Labute approximate surface area is 112 Å². The maximum absolute atomic E-state index is 11.7. The van der Waals surface area contributed by atoms with Crippen LogP contribution in [0, 0.1) is 11.3 Å². The molecule has 2 unspecified atom stereocenters. The van der Waals surface area contributed by atoms with Crippen molar-refractivity contribution in [1.29, 1.82) is 0 Å². The predicted molar refractivity (Wildman–Crippen MR) is 77.7 cm³/mol. The van der Waals surface area contributed by atoms with Gasteiger partial charge in [0.1, 0.15) is 0 Å². The molecule has 2 heteroatoms. The van der Waals surface area contributed by atoms with E-state index in [1.165, 1.54) is 12.8 Å². The highest BCUT2D eigenvalue weighted by molar-refractivity contribution is 5.75. The van der Waals surface area contributed by atoms with Crippen molar-refractivity contribution in [2.45, 2.75) is 72.1 Å². The first kappa shape index (κ1) is 17.2. The van der Waals surface area contributed by atoms with Crippen molar-refractivity contribution in [2.24, 2.45) is 11.3 Å². The first-order valence-corrected chi connectivity index (χ1v) is 7.44. The molecule has 106 valence electrons. The lowest BCUT2D eigenvalue weighted by atomic mass is 9.68. The predicted octanol–water partition coefficient (Wildman–Crippen LogP) is 5.04. The van der Waals surface area contributed by atoms with Gasteiger partial charge in [-0.25, -0.2) is 0 Å². The van der Waals surface area contributed by atoms with E-state index >= 15 is 0 Å². The van der Waals surface area contributed by atoms with Crippen molar-refractivity contribution in [2.75, 3.05) is 0 Å². The maximum Gasteiger partial charge on any atom is 0.310 e. The zero-order chi connectivity index (χ0) is 14.0. The van der Waals surface area contributed by atoms with Crippen LogP contribution in [0.5, 0.6) is 0 Å². The number of carbonyl (C=O) groups is 1. The van der Waals surface area contributed by atoms with Crippen LogP contribution in [0.25, 0.3) is 0 Å². The summed E-state index contributed by atoms with van der Waals surface area (Å²) in [7, 11) is 0. The molecule has 2 atom stereocenters. The lowest BCUT2D eigenvalue weighted by Crippen LogP contribution is -2.37. The quantitative estimate of drug-likeness (QED) is 0.414. The molecule has 0 bridgehead atoms. The van der Waals surface area contributed by atoms with Crippen LogP contribution >= 0.6 is 0 Å². The smallest absolute Gasteiger partial charge is 0.310 e. The summed E-state index contributed by atoms with van der Waals surface area (Å²) in [6.07, 6.45) is 9.83. The molecular weight excluding hydrogens is 224 g/mol. The monoisotopic (exact) mass is 254 g/mol. The molecule has 0 saturated carbocycles. The average molecular weight is 254 g/mol. The van der Waals surface area contributed by atoms with E-state index in [1.54, 1.807) is 0 Å². The van der Waals surface area contributed by atoms with E-state index < -0.39 is 11.4 Å². The van der Waals surface area contributed by atoms with Crippen molar-refractivity contribution in [3.05, 3.63) is 12.7 Å². The highest BCUT2D eigenvalue weighted by atomic mass is 16.4. The van der Waals surface area contributed by atoms with Gasteiger partial charge in [-0.05, 0) is 25.2 Å². The second-order valence-electron chi connectivity index (χ2n) is 5.26. The van der Waals surface area contributed by atoms with Crippen molar-refractivity contribution in [1.82, 2.24) is 0 Å². The highest BCUT2D eigenvalue weighted by Gasteiger charge is 2.41. The minimum Gasteiger partial charge on any atom is -0.481 e. The zero-order valence-electron chi connectivity index (χ0n) is 12.4. The largest absolute Gasteiger partial charge is 0.481 e. The van der Waals surface area contributed by atoms with Crippen molar-refractivity contribution in [3.8, 4) is 0 Å². The molecular formula is C16H30O2. The van der Waals surface area contributed by atoms with Gasteiger partial charge in [0.2, 0.25) is 0 Å². The molecule has 0 aromatic heterocycles. The summed E-state index contributed by atoms with van der Waals surface area (Å²) in [5.41, 5.74) is -0.592. The number of aliphatic carboxylic acids is 1. The lowest BCUT2D eigenvalue weighted by molar-refractivity contribution is -0.152. The molecule has 0 aromatic carbocycles. The summed E-state index contributed by atoms with van der Waals surface area (Å²) in [6.45, 7) is 10.1. The molecule has 0 heterocycles. The molecule has 0 radical (unpaired) electrons. The van der Waals surface area contributed by atoms with Gasteiger partial charge >= 0.3 is 5.97 Å². The van der Waals surface area contributed by atoms with E-state index in [1.807, 2.05) is 13.0 Å². The fourth-order valence-electron chi connectivity index (χ4n) is 2.84. The Morgan fingerprint density at radius 3 is 2.28 bits per heavy atom. The number of hydrogen-bond acceptors (Lipinski definition) is 1. The molecule has 2 nitrogen and oxygen atoms in total. The van der Waals surface area contributed by atoms with Crippen LogP contribution in [-0.4, -0.2) is 11.1 Å². The number of hydrogen-bond donors (Lipinski definition) is 1. The van der Waals surface area contributed by atoms with Gasteiger partial charge in [0.25, 0.3) is 0 Å². The molecule has 0 aliphatic heterocycles. The Kier molecular flexibility index (Phi) is 8.78. The lowest BCUT2D eigenvalue weighted by Gasteiger charge is -2.35. The fraction of sp³-hybridized carbons (Fsp3) is 0.812. The van der Waals surface area contributed by atoms with Gasteiger partial charge in [0.15, 0.2) is 0 Å². The van der Waals surface area contributed by atoms with Gasteiger partial charge in [-0.1, -0.05) is 59.0 Å². The van der Waals surface area contributed by atoms with Gasteiger partial charge in [-0.2, -0.15) is 0 Å².